The maximum atomic E-state index is 12.8. The lowest BCUT2D eigenvalue weighted by molar-refractivity contribution is -0.137. The van der Waals surface area contributed by atoms with E-state index in [1.54, 1.807) is 12.1 Å². The molecule has 0 saturated heterocycles. The quantitative estimate of drug-likeness (QED) is 0.496. The Hall–Kier alpha value is -3.36. The van der Waals surface area contributed by atoms with Crippen LogP contribution >= 0.6 is 0 Å². The lowest BCUT2D eigenvalue weighted by atomic mass is 10.1. The summed E-state index contributed by atoms with van der Waals surface area (Å²) in [4.78, 5) is 40.8. The number of anilines is 2. The molecule has 0 aliphatic carbocycles. The van der Waals surface area contributed by atoms with Crippen molar-refractivity contribution in [3.63, 3.8) is 0 Å². The number of carbonyl (C=O) groups is 2. The number of amides is 1. The van der Waals surface area contributed by atoms with Gasteiger partial charge >= 0.3 is 5.97 Å². The highest BCUT2D eigenvalue weighted by molar-refractivity contribution is 5.96. The minimum Gasteiger partial charge on any atom is -0.480 e. The molecule has 156 valence electrons. The average Bonchev–Trinajstić information content (AvgIpc) is 2.63. The topological polar surface area (TPSA) is 139 Å². The summed E-state index contributed by atoms with van der Waals surface area (Å²) in [5.74, 6) is -1.41. The average molecular weight is 401 g/mol. The Bertz CT molecular complexity index is 968. The van der Waals surface area contributed by atoms with E-state index in [1.165, 1.54) is 12.3 Å². The van der Waals surface area contributed by atoms with E-state index >= 15 is 0 Å². The van der Waals surface area contributed by atoms with Gasteiger partial charge < -0.3 is 21.5 Å². The number of nitrogens with one attached hydrogen (secondary N) is 2. The fourth-order valence-electron chi connectivity index (χ4n) is 2.72. The fraction of sp³-hybridized carbons (Fsp3) is 0.400. The van der Waals surface area contributed by atoms with E-state index in [9.17, 15) is 19.5 Å². The monoisotopic (exact) mass is 401 g/mol. The van der Waals surface area contributed by atoms with Crippen molar-refractivity contribution in [2.24, 2.45) is 0 Å². The zero-order valence-corrected chi connectivity index (χ0v) is 17.0. The molecule has 0 unspecified atom stereocenters. The molecule has 1 amide bonds. The number of nitrogen functional groups attached to an aromatic ring is 1. The van der Waals surface area contributed by atoms with Gasteiger partial charge in [0, 0.05) is 28.9 Å². The molecule has 9 nitrogen and oxygen atoms in total. The number of hydrogen-bond donors (Lipinski definition) is 4. The Morgan fingerprint density at radius 1 is 1.24 bits per heavy atom. The van der Waals surface area contributed by atoms with Gasteiger partial charge in [-0.05, 0) is 45.4 Å². The van der Waals surface area contributed by atoms with Gasteiger partial charge in [-0.1, -0.05) is 6.92 Å². The predicted molar refractivity (Wildman–Crippen MR) is 112 cm³/mol. The summed E-state index contributed by atoms with van der Waals surface area (Å²) in [6, 6.07) is 4.61. The highest BCUT2D eigenvalue weighted by Crippen LogP contribution is 2.23. The third-order valence-electron chi connectivity index (χ3n) is 4.28. The first kappa shape index (κ1) is 21.9. The van der Waals surface area contributed by atoms with Crippen molar-refractivity contribution in [2.45, 2.75) is 52.7 Å². The van der Waals surface area contributed by atoms with Crippen LogP contribution in [-0.2, 0) is 11.3 Å². The first-order chi connectivity index (χ1) is 13.6. The summed E-state index contributed by atoms with van der Waals surface area (Å²) in [5.41, 5.74) is 6.73. The lowest BCUT2D eigenvalue weighted by Gasteiger charge is -2.16. The maximum Gasteiger partial charge on any atom is 0.323 e. The number of aliphatic carboxylic acids is 1. The Morgan fingerprint density at radius 3 is 2.52 bits per heavy atom. The molecule has 0 aliphatic rings. The summed E-state index contributed by atoms with van der Waals surface area (Å²) < 4.78 is 1.10. The summed E-state index contributed by atoms with van der Waals surface area (Å²) in [6.07, 6.45) is 2.17. The third kappa shape index (κ3) is 5.56. The number of hydrogen-bond acceptors (Lipinski definition) is 6. The van der Waals surface area contributed by atoms with Crippen LogP contribution in [0.3, 0.4) is 0 Å². The number of rotatable bonds is 8. The number of carbonyl (C=O) groups excluding carboxylic acids is 1. The van der Waals surface area contributed by atoms with Crippen LogP contribution in [0.25, 0.3) is 11.3 Å². The van der Waals surface area contributed by atoms with Crippen LogP contribution < -0.4 is 21.9 Å². The van der Waals surface area contributed by atoms with Crippen molar-refractivity contribution in [2.75, 3.05) is 11.1 Å². The SMILES string of the molecule is CC[C@H](C)NC(=O)c1cc(N)cc(-c2cnc(NC(C)C)c(=O)n2CC(=O)O)c1. The number of carboxylic acids is 1. The van der Waals surface area contributed by atoms with Crippen LogP contribution in [0.1, 0.15) is 44.5 Å². The Morgan fingerprint density at radius 2 is 1.93 bits per heavy atom. The van der Waals surface area contributed by atoms with E-state index in [0.29, 0.717) is 16.8 Å². The van der Waals surface area contributed by atoms with Crippen molar-refractivity contribution in [3.05, 3.63) is 40.3 Å². The Balaban J connectivity index is 2.58. The van der Waals surface area contributed by atoms with E-state index in [-0.39, 0.29) is 29.5 Å². The standard InChI is InChI=1S/C20H27N5O4/c1-5-12(4)24-19(28)14-6-13(7-15(21)8-14)16-9-22-18(23-11(2)3)20(29)25(16)10-17(26)27/h6-9,11-12H,5,10,21H2,1-4H3,(H,22,23)(H,24,28)(H,26,27)/t12-/m0/s1. The molecule has 0 fully saturated rings. The van der Waals surface area contributed by atoms with Crippen LogP contribution in [0.2, 0.25) is 0 Å². The summed E-state index contributed by atoms with van der Waals surface area (Å²) in [6.45, 7) is 6.98. The number of aromatic nitrogens is 2. The number of carboxylic acid groups (broad SMARTS) is 1. The van der Waals surface area contributed by atoms with Gasteiger partial charge in [0.15, 0.2) is 5.82 Å². The minimum atomic E-state index is -1.17. The molecule has 1 aromatic carbocycles. The van der Waals surface area contributed by atoms with Gasteiger partial charge in [0.2, 0.25) is 0 Å². The highest BCUT2D eigenvalue weighted by atomic mass is 16.4. The largest absolute Gasteiger partial charge is 0.480 e. The summed E-state index contributed by atoms with van der Waals surface area (Å²) >= 11 is 0. The van der Waals surface area contributed by atoms with Crippen LogP contribution in [0.15, 0.2) is 29.2 Å². The second kappa shape index (κ2) is 9.22. The Labute approximate surface area is 169 Å². The van der Waals surface area contributed by atoms with Crippen molar-refractivity contribution >= 4 is 23.4 Å². The van der Waals surface area contributed by atoms with E-state index in [4.69, 9.17) is 5.73 Å². The van der Waals surface area contributed by atoms with Crippen molar-refractivity contribution in [1.29, 1.82) is 0 Å². The molecule has 0 aliphatic heterocycles. The molecule has 0 radical (unpaired) electrons. The van der Waals surface area contributed by atoms with Crippen molar-refractivity contribution < 1.29 is 14.7 Å². The van der Waals surface area contributed by atoms with E-state index in [1.807, 2.05) is 27.7 Å². The Kier molecular flexibility index (Phi) is 6.98. The van der Waals surface area contributed by atoms with Gasteiger partial charge in [-0.2, -0.15) is 0 Å². The maximum absolute atomic E-state index is 12.8. The van der Waals surface area contributed by atoms with Gasteiger partial charge in [0.05, 0.1) is 11.9 Å². The normalized spacial score (nSPS) is 11.9. The zero-order valence-electron chi connectivity index (χ0n) is 17.0. The molecule has 1 heterocycles. The second-order valence-electron chi connectivity index (χ2n) is 7.20. The van der Waals surface area contributed by atoms with Gasteiger partial charge in [-0.3, -0.25) is 19.0 Å². The fourth-order valence-corrected chi connectivity index (χ4v) is 2.72. The van der Waals surface area contributed by atoms with Crippen molar-refractivity contribution in [1.82, 2.24) is 14.9 Å². The molecule has 1 aromatic heterocycles. The molecule has 0 bridgehead atoms. The van der Waals surface area contributed by atoms with Crippen LogP contribution in [0, 0.1) is 0 Å². The first-order valence-electron chi connectivity index (χ1n) is 9.42. The van der Waals surface area contributed by atoms with Gasteiger partial charge in [-0.15, -0.1) is 0 Å². The van der Waals surface area contributed by atoms with Gasteiger partial charge in [0.1, 0.15) is 6.54 Å². The van der Waals surface area contributed by atoms with Gasteiger partial charge in [0.25, 0.3) is 11.5 Å². The predicted octanol–water partition coefficient (Wildman–Crippen LogP) is 1.93. The van der Waals surface area contributed by atoms with Crippen LogP contribution in [-0.4, -0.2) is 38.6 Å². The molecular weight excluding hydrogens is 374 g/mol. The molecule has 2 rings (SSSR count). The lowest BCUT2D eigenvalue weighted by Crippen LogP contribution is -2.32. The van der Waals surface area contributed by atoms with Crippen molar-refractivity contribution in [3.8, 4) is 11.3 Å². The van der Waals surface area contributed by atoms with Crippen LogP contribution in [0.5, 0.6) is 0 Å². The third-order valence-corrected chi connectivity index (χ3v) is 4.28. The second-order valence-corrected chi connectivity index (χ2v) is 7.20. The molecule has 5 N–H and O–H groups in total. The van der Waals surface area contributed by atoms with E-state index in [0.717, 1.165) is 11.0 Å². The van der Waals surface area contributed by atoms with Gasteiger partial charge in [-0.25, -0.2) is 4.98 Å². The van der Waals surface area contributed by atoms with E-state index in [2.05, 4.69) is 15.6 Å². The molecule has 1 atom stereocenters. The zero-order chi connectivity index (χ0) is 21.7. The summed E-state index contributed by atoms with van der Waals surface area (Å²) in [7, 11) is 0. The molecule has 0 spiro atoms. The number of nitrogens with two attached hydrogens (primary N) is 1. The molecular formula is C20H27N5O4. The highest BCUT2D eigenvalue weighted by Gasteiger charge is 2.17. The first-order valence-corrected chi connectivity index (χ1v) is 9.42. The molecule has 29 heavy (non-hydrogen) atoms. The number of nitrogens with zero attached hydrogens (tertiary/aromatic N) is 2. The smallest absolute Gasteiger partial charge is 0.323 e. The number of benzene rings is 1. The molecule has 0 saturated carbocycles. The molecule has 2 aromatic rings. The summed E-state index contributed by atoms with van der Waals surface area (Å²) in [5, 5.41) is 15.0. The minimum absolute atomic E-state index is 0.0133. The molecule has 9 heteroatoms. The van der Waals surface area contributed by atoms with E-state index < -0.39 is 18.1 Å². The van der Waals surface area contributed by atoms with Crippen LogP contribution in [0.4, 0.5) is 11.5 Å².